The second kappa shape index (κ2) is 9.74. The van der Waals surface area contributed by atoms with Gasteiger partial charge in [0.1, 0.15) is 0 Å². The molecule has 0 aliphatic carbocycles. The fourth-order valence-corrected chi connectivity index (χ4v) is 1.86. The lowest BCUT2D eigenvalue weighted by atomic mass is 10.0. The van der Waals surface area contributed by atoms with E-state index < -0.39 is 0 Å². The molecule has 0 radical (unpaired) electrons. The van der Waals surface area contributed by atoms with Gasteiger partial charge in [0, 0.05) is 18.5 Å². The molecule has 1 aromatic rings. The molecule has 1 rings (SSSR count). The number of unbranched alkanes of at least 4 members (excludes halogenated alkanes) is 3. The van der Waals surface area contributed by atoms with Crippen LogP contribution in [0.25, 0.3) is 0 Å². The molecule has 0 bridgehead atoms. The van der Waals surface area contributed by atoms with Gasteiger partial charge in [0.15, 0.2) is 0 Å². The summed E-state index contributed by atoms with van der Waals surface area (Å²) in [5.74, 6) is 6.36. The van der Waals surface area contributed by atoms with E-state index in [0.717, 1.165) is 18.5 Å². The summed E-state index contributed by atoms with van der Waals surface area (Å²) in [4.78, 5) is 0. The molecule has 0 saturated carbocycles. The Labute approximate surface area is 112 Å². The van der Waals surface area contributed by atoms with Gasteiger partial charge >= 0.3 is 0 Å². The Morgan fingerprint density at radius 1 is 1.06 bits per heavy atom. The monoisotopic (exact) mass is 243 g/mol. The zero-order chi connectivity index (χ0) is 13.1. The van der Waals surface area contributed by atoms with E-state index >= 15 is 0 Å². The first-order chi connectivity index (χ1) is 8.86. The maximum atomic E-state index is 3.19. The highest BCUT2D eigenvalue weighted by Gasteiger charge is 1.93. The highest BCUT2D eigenvalue weighted by atomic mass is 14.8. The van der Waals surface area contributed by atoms with Crippen LogP contribution in [0.1, 0.15) is 50.2 Å². The molecule has 1 nitrogen and oxygen atoms in total. The molecule has 0 aliphatic rings. The Balaban J connectivity index is 2.34. The van der Waals surface area contributed by atoms with Crippen LogP contribution >= 0.6 is 0 Å². The number of benzene rings is 1. The van der Waals surface area contributed by atoms with Gasteiger partial charge in [-0.3, -0.25) is 0 Å². The van der Waals surface area contributed by atoms with Gasteiger partial charge in [0.25, 0.3) is 0 Å². The second-order valence-electron chi connectivity index (χ2n) is 4.66. The maximum absolute atomic E-state index is 3.19. The van der Waals surface area contributed by atoms with Gasteiger partial charge in [-0.15, -0.1) is 0 Å². The molecule has 1 heteroatoms. The van der Waals surface area contributed by atoms with Crippen LogP contribution in [0.5, 0.6) is 0 Å². The highest BCUT2D eigenvalue weighted by Crippen LogP contribution is 2.09. The zero-order valence-electron chi connectivity index (χ0n) is 11.8. The number of rotatable bonds is 7. The van der Waals surface area contributed by atoms with Gasteiger partial charge in [-0.05, 0) is 37.6 Å². The molecule has 1 aromatic carbocycles. The van der Waals surface area contributed by atoms with Crippen LogP contribution in [0.4, 0.5) is 0 Å². The van der Waals surface area contributed by atoms with Crippen molar-refractivity contribution < 1.29 is 0 Å². The Morgan fingerprint density at radius 3 is 2.50 bits per heavy atom. The van der Waals surface area contributed by atoms with E-state index in [4.69, 9.17) is 0 Å². The Bertz CT molecular complexity index is 367. The lowest BCUT2D eigenvalue weighted by Gasteiger charge is -2.01. The van der Waals surface area contributed by atoms with E-state index in [1.54, 1.807) is 0 Å². The molecule has 0 amide bonds. The number of nitrogens with one attached hydrogen (secondary N) is 1. The van der Waals surface area contributed by atoms with E-state index in [0.29, 0.717) is 0 Å². The van der Waals surface area contributed by atoms with Crippen molar-refractivity contribution in [1.82, 2.24) is 5.32 Å². The summed E-state index contributed by atoms with van der Waals surface area (Å²) in [6, 6.07) is 8.71. The van der Waals surface area contributed by atoms with Gasteiger partial charge in [-0.2, -0.15) is 0 Å². The standard InChI is InChI=1S/C17H25N/c1-3-4-5-6-9-16-11-13-17(14-12-16)10-7-8-15-18-2/h11-14,18H,3-6,8-9,15H2,1-2H3. The molecule has 1 N–H and O–H groups in total. The minimum absolute atomic E-state index is 0.912. The summed E-state index contributed by atoms with van der Waals surface area (Å²) in [7, 11) is 1.95. The smallest absolute Gasteiger partial charge is 0.0245 e. The molecule has 0 atom stereocenters. The minimum atomic E-state index is 0.912. The molecule has 0 spiro atoms. The third-order valence-corrected chi connectivity index (χ3v) is 3.01. The molecule has 98 valence electrons. The number of hydrogen-bond acceptors (Lipinski definition) is 1. The summed E-state index contributed by atoms with van der Waals surface area (Å²) in [6.07, 6.45) is 7.43. The molecule has 0 heterocycles. The summed E-state index contributed by atoms with van der Waals surface area (Å²) in [5, 5.41) is 3.09. The van der Waals surface area contributed by atoms with Crippen molar-refractivity contribution >= 4 is 0 Å². The first kappa shape index (κ1) is 14.8. The zero-order valence-corrected chi connectivity index (χ0v) is 11.8. The van der Waals surface area contributed by atoms with Crippen molar-refractivity contribution in [1.29, 1.82) is 0 Å². The molecule has 0 saturated heterocycles. The van der Waals surface area contributed by atoms with E-state index in [9.17, 15) is 0 Å². The van der Waals surface area contributed by atoms with Crippen molar-refractivity contribution in [2.45, 2.75) is 45.4 Å². The van der Waals surface area contributed by atoms with Crippen LogP contribution in [0, 0.1) is 11.8 Å². The molecular weight excluding hydrogens is 218 g/mol. The van der Waals surface area contributed by atoms with Gasteiger partial charge in [0.05, 0.1) is 0 Å². The van der Waals surface area contributed by atoms with Gasteiger partial charge < -0.3 is 5.32 Å². The van der Waals surface area contributed by atoms with Gasteiger partial charge in [0.2, 0.25) is 0 Å². The summed E-state index contributed by atoms with van der Waals surface area (Å²) in [6.45, 7) is 3.21. The molecule has 0 aromatic heterocycles. The van der Waals surface area contributed by atoms with Crippen LogP contribution in [0.3, 0.4) is 0 Å². The normalized spacial score (nSPS) is 9.89. The van der Waals surface area contributed by atoms with E-state index in [-0.39, 0.29) is 0 Å². The van der Waals surface area contributed by atoms with Gasteiger partial charge in [-0.25, -0.2) is 0 Å². The lowest BCUT2D eigenvalue weighted by Crippen LogP contribution is -2.05. The predicted octanol–water partition coefficient (Wildman–Crippen LogP) is 3.77. The molecule has 0 unspecified atom stereocenters. The topological polar surface area (TPSA) is 12.0 Å². The van der Waals surface area contributed by atoms with E-state index in [2.05, 4.69) is 48.3 Å². The van der Waals surface area contributed by atoms with Crippen molar-refractivity contribution in [3.63, 3.8) is 0 Å². The quantitative estimate of drug-likeness (QED) is 0.568. The summed E-state index contributed by atoms with van der Waals surface area (Å²) in [5.41, 5.74) is 2.57. The third kappa shape index (κ3) is 6.47. The maximum Gasteiger partial charge on any atom is 0.0245 e. The second-order valence-corrected chi connectivity index (χ2v) is 4.66. The Morgan fingerprint density at radius 2 is 1.83 bits per heavy atom. The Kier molecular flexibility index (Phi) is 8.01. The molecule has 0 aliphatic heterocycles. The van der Waals surface area contributed by atoms with Crippen LogP contribution in [0.2, 0.25) is 0 Å². The minimum Gasteiger partial charge on any atom is -0.319 e. The number of aryl methyl sites for hydroxylation is 1. The van der Waals surface area contributed by atoms with Crippen LogP contribution in [-0.4, -0.2) is 13.6 Å². The highest BCUT2D eigenvalue weighted by molar-refractivity contribution is 5.36. The fourth-order valence-electron chi connectivity index (χ4n) is 1.86. The van der Waals surface area contributed by atoms with Crippen molar-refractivity contribution in [3.8, 4) is 11.8 Å². The average Bonchev–Trinajstić information content (AvgIpc) is 2.41. The summed E-state index contributed by atoms with van der Waals surface area (Å²) < 4.78 is 0. The average molecular weight is 243 g/mol. The summed E-state index contributed by atoms with van der Waals surface area (Å²) >= 11 is 0. The first-order valence-electron chi connectivity index (χ1n) is 7.09. The largest absolute Gasteiger partial charge is 0.319 e. The van der Waals surface area contributed by atoms with Crippen molar-refractivity contribution in [3.05, 3.63) is 35.4 Å². The molecular formula is C17H25N. The van der Waals surface area contributed by atoms with Gasteiger partial charge in [-0.1, -0.05) is 50.2 Å². The van der Waals surface area contributed by atoms with E-state index in [1.807, 2.05) is 7.05 Å². The SMILES string of the molecule is CCCCCCc1ccc(C#CCCNC)cc1. The molecule has 18 heavy (non-hydrogen) atoms. The fraction of sp³-hybridized carbons (Fsp3) is 0.529. The third-order valence-electron chi connectivity index (χ3n) is 3.01. The van der Waals surface area contributed by atoms with Crippen molar-refractivity contribution in [2.75, 3.05) is 13.6 Å². The number of hydrogen-bond donors (Lipinski definition) is 1. The van der Waals surface area contributed by atoms with Crippen molar-refractivity contribution in [2.24, 2.45) is 0 Å². The lowest BCUT2D eigenvalue weighted by molar-refractivity contribution is 0.667. The Hall–Kier alpha value is -1.26. The van der Waals surface area contributed by atoms with E-state index in [1.165, 1.54) is 37.7 Å². The van der Waals surface area contributed by atoms with Crippen LogP contribution in [0.15, 0.2) is 24.3 Å². The molecule has 0 fully saturated rings. The van der Waals surface area contributed by atoms with Crippen LogP contribution in [-0.2, 0) is 6.42 Å². The predicted molar refractivity (Wildman–Crippen MR) is 79.7 cm³/mol. The van der Waals surface area contributed by atoms with Crippen LogP contribution < -0.4 is 5.32 Å². The first-order valence-corrected chi connectivity index (χ1v) is 7.09.